The molecule has 3 N–H and O–H groups in total. The molecule has 0 aliphatic carbocycles. The van der Waals surface area contributed by atoms with Gasteiger partial charge < -0.3 is 10.6 Å². The highest BCUT2D eigenvalue weighted by Gasteiger charge is 2.30. The van der Waals surface area contributed by atoms with Crippen molar-refractivity contribution in [2.45, 2.75) is 25.3 Å². The molecule has 0 atom stereocenters. The van der Waals surface area contributed by atoms with Gasteiger partial charge in [0.2, 0.25) is 0 Å². The average Bonchev–Trinajstić information content (AvgIpc) is 2.57. The highest BCUT2D eigenvalue weighted by Crippen LogP contribution is 2.28. The van der Waals surface area contributed by atoms with Crippen molar-refractivity contribution in [1.29, 1.82) is 0 Å². The first-order chi connectivity index (χ1) is 11.4. The standard InChI is InChI=1S/C16H17Cl2N5O/c1-16(19)2-4-23(5-3-16)13-8-20-14(12(9-24)22-13)10-6-11(17)15(18)21-7-10/h6-9H,2-5,19H2,1H3/p+1. The predicted octanol–water partition coefficient (Wildman–Crippen LogP) is 2.26. The van der Waals surface area contributed by atoms with Crippen molar-refractivity contribution in [2.24, 2.45) is 0 Å². The van der Waals surface area contributed by atoms with Crippen molar-refractivity contribution >= 4 is 35.3 Å². The van der Waals surface area contributed by atoms with Crippen molar-refractivity contribution in [3.63, 3.8) is 0 Å². The van der Waals surface area contributed by atoms with E-state index >= 15 is 0 Å². The van der Waals surface area contributed by atoms with Gasteiger partial charge in [0.25, 0.3) is 0 Å². The van der Waals surface area contributed by atoms with Gasteiger partial charge in [-0.15, -0.1) is 0 Å². The quantitative estimate of drug-likeness (QED) is 0.664. The number of nitrogens with zero attached hydrogens (tertiary/aromatic N) is 4. The Balaban J connectivity index is 1.91. The number of anilines is 1. The largest absolute Gasteiger partial charge is 0.355 e. The number of pyridine rings is 1. The van der Waals surface area contributed by atoms with Crippen LogP contribution in [0.2, 0.25) is 10.2 Å². The van der Waals surface area contributed by atoms with Crippen LogP contribution in [0, 0.1) is 0 Å². The molecule has 0 radical (unpaired) electrons. The first-order valence-electron chi connectivity index (χ1n) is 7.63. The van der Waals surface area contributed by atoms with Crippen molar-refractivity contribution in [2.75, 3.05) is 18.0 Å². The molecule has 1 fully saturated rings. The summed E-state index contributed by atoms with van der Waals surface area (Å²) in [7, 11) is 0. The molecule has 0 unspecified atom stereocenters. The van der Waals surface area contributed by atoms with E-state index in [0.717, 1.165) is 25.9 Å². The number of aromatic nitrogens is 3. The van der Waals surface area contributed by atoms with E-state index in [1.807, 2.05) is 0 Å². The summed E-state index contributed by atoms with van der Waals surface area (Å²) < 4.78 is 0. The molecule has 0 spiro atoms. The summed E-state index contributed by atoms with van der Waals surface area (Å²) in [4.78, 5) is 26.5. The van der Waals surface area contributed by atoms with Gasteiger partial charge in [0.15, 0.2) is 6.29 Å². The number of rotatable bonds is 3. The number of carbonyl (C=O) groups is 1. The lowest BCUT2D eigenvalue weighted by Gasteiger charge is -2.34. The van der Waals surface area contributed by atoms with Crippen LogP contribution < -0.4 is 10.6 Å². The van der Waals surface area contributed by atoms with Gasteiger partial charge in [-0.05, 0) is 13.0 Å². The number of quaternary nitrogens is 1. The second-order valence-electron chi connectivity index (χ2n) is 6.37. The van der Waals surface area contributed by atoms with E-state index < -0.39 is 0 Å². The van der Waals surface area contributed by atoms with Gasteiger partial charge in [-0.2, -0.15) is 0 Å². The molecule has 3 rings (SSSR count). The van der Waals surface area contributed by atoms with E-state index in [0.29, 0.717) is 28.4 Å². The van der Waals surface area contributed by atoms with E-state index in [9.17, 15) is 4.79 Å². The van der Waals surface area contributed by atoms with E-state index in [1.54, 1.807) is 12.3 Å². The highest BCUT2D eigenvalue weighted by molar-refractivity contribution is 6.41. The molecule has 0 amide bonds. The zero-order chi connectivity index (χ0) is 17.3. The number of carbonyl (C=O) groups excluding carboxylic acids is 1. The molecular formula is C16H18Cl2N5O+. The Morgan fingerprint density at radius 1 is 1.25 bits per heavy atom. The molecule has 1 aliphatic heterocycles. The molecule has 0 saturated carbocycles. The normalized spacial score (nSPS) is 16.9. The lowest BCUT2D eigenvalue weighted by Crippen LogP contribution is -2.73. The minimum atomic E-state index is 0.100. The molecule has 0 bridgehead atoms. The van der Waals surface area contributed by atoms with Crippen LogP contribution in [-0.2, 0) is 0 Å². The van der Waals surface area contributed by atoms with Gasteiger partial charge in [-0.1, -0.05) is 23.2 Å². The van der Waals surface area contributed by atoms with Crippen LogP contribution in [0.5, 0.6) is 0 Å². The fourth-order valence-electron chi connectivity index (χ4n) is 2.68. The predicted molar refractivity (Wildman–Crippen MR) is 93.4 cm³/mol. The second-order valence-corrected chi connectivity index (χ2v) is 7.14. The van der Waals surface area contributed by atoms with E-state index in [1.165, 1.54) is 6.20 Å². The maximum Gasteiger partial charge on any atom is 0.170 e. The lowest BCUT2D eigenvalue weighted by molar-refractivity contribution is -0.475. The molecule has 1 aliphatic rings. The van der Waals surface area contributed by atoms with Gasteiger partial charge in [0, 0.05) is 37.7 Å². The maximum atomic E-state index is 11.5. The summed E-state index contributed by atoms with van der Waals surface area (Å²) in [5.41, 5.74) is 5.62. The van der Waals surface area contributed by atoms with Crippen LogP contribution in [0.4, 0.5) is 5.82 Å². The molecule has 8 heteroatoms. The third-order valence-electron chi connectivity index (χ3n) is 4.26. The Morgan fingerprint density at radius 2 is 1.96 bits per heavy atom. The Bertz CT molecular complexity index is 771. The molecule has 1 saturated heterocycles. The van der Waals surface area contributed by atoms with Crippen LogP contribution in [-0.4, -0.2) is 39.9 Å². The van der Waals surface area contributed by atoms with Crippen LogP contribution in [0.25, 0.3) is 11.3 Å². The number of piperidine rings is 1. The summed E-state index contributed by atoms with van der Waals surface area (Å²) in [5.74, 6) is 0.698. The fraction of sp³-hybridized carbons (Fsp3) is 0.375. The van der Waals surface area contributed by atoms with Crippen molar-refractivity contribution < 1.29 is 10.5 Å². The highest BCUT2D eigenvalue weighted by atomic mass is 35.5. The minimum Gasteiger partial charge on any atom is -0.355 e. The summed E-state index contributed by atoms with van der Waals surface area (Å²) in [6, 6.07) is 1.63. The molecule has 6 nitrogen and oxygen atoms in total. The van der Waals surface area contributed by atoms with Crippen molar-refractivity contribution in [3.05, 3.63) is 34.3 Å². The topological polar surface area (TPSA) is 86.6 Å². The summed E-state index contributed by atoms with van der Waals surface area (Å²) >= 11 is 11.8. The number of hydrogen-bond donors (Lipinski definition) is 1. The van der Waals surface area contributed by atoms with Crippen molar-refractivity contribution in [3.8, 4) is 11.3 Å². The monoisotopic (exact) mass is 366 g/mol. The number of hydrogen-bond acceptors (Lipinski definition) is 5. The van der Waals surface area contributed by atoms with Gasteiger partial charge >= 0.3 is 0 Å². The smallest absolute Gasteiger partial charge is 0.170 e. The van der Waals surface area contributed by atoms with Crippen LogP contribution in [0.1, 0.15) is 30.3 Å². The van der Waals surface area contributed by atoms with Gasteiger partial charge in [-0.3, -0.25) is 4.79 Å². The van der Waals surface area contributed by atoms with E-state index in [2.05, 4.69) is 32.5 Å². The van der Waals surface area contributed by atoms with Crippen molar-refractivity contribution in [1.82, 2.24) is 15.0 Å². The SMILES string of the molecule is CC1([NH3+])CCN(c2cnc(-c3cnc(Cl)c(Cl)c3)c(C=O)n2)CC1. The Labute approximate surface area is 150 Å². The third-order valence-corrected chi connectivity index (χ3v) is 4.95. The van der Waals surface area contributed by atoms with Gasteiger partial charge in [0.1, 0.15) is 22.4 Å². The van der Waals surface area contributed by atoms with Gasteiger partial charge in [0.05, 0.1) is 16.8 Å². The summed E-state index contributed by atoms with van der Waals surface area (Å²) in [6.45, 7) is 3.86. The summed E-state index contributed by atoms with van der Waals surface area (Å²) in [5, 5.41) is 0.518. The van der Waals surface area contributed by atoms with E-state index in [-0.39, 0.29) is 16.4 Å². The van der Waals surface area contributed by atoms with E-state index in [4.69, 9.17) is 23.2 Å². The molecular weight excluding hydrogens is 349 g/mol. The fourth-order valence-corrected chi connectivity index (χ4v) is 2.95. The number of aldehydes is 1. The first-order valence-corrected chi connectivity index (χ1v) is 8.39. The Kier molecular flexibility index (Phi) is 4.71. The zero-order valence-corrected chi connectivity index (χ0v) is 14.8. The molecule has 2 aromatic heterocycles. The molecule has 24 heavy (non-hydrogen) atoms. The summed E-state index contributed by atoms with van der Waals surface area (Å²) in [6.07, 6.45) is 5.85. The molecule has 0 aromatic carbocycles. The van der Waals surface area contributed by atoms with Gasteiger partial charge in [-0.25, -0.2) is 15.0 Å². The second kappa shape index (κ2) is 6.63. The minimum absolute atomic E-state index is 0.100. The number of halogens is 2. The van der Waals surface area contributed by atoms with Crippen LogP contribution in [0.15, 0.2) is 18.5 Å². The molecule has 126 valence electrons. The Hall–Kier alpha value is -1.76. The zero-order valence-electron chi connectivity index (χ0n) is 13.3. The van der Waals surface area contributed by atoms with Crippen LogP contribution >= 0.6 is 23.2 Å². The molecule has 2 aromatic rings. The van der Waals surface area contributed by atoms with Crippen LogP contribution in [0.3, 0.4) is 0 Å². The Morgan fingerprint density at radius 3 is 2.58 bits per heavy atom. The lowest BCUT2D eigenvalue weighted by atomic mass is 9.91. The maximum absolute atomic E-state index is 11.5. The average molecular weight is 367 g/mol. The third kappa shape index (κ3) is 3.50. The first kappa shape index (κ1) is 17.1. The molecule has 3 heterocycles.